The molecular formula is C24H23N3O7S. The Bertz CT molecular complexity index is 1250. The van der Waals surface area contributed by atoms with Crippen molar-refractivity contribution in [2.45, 2.75) is 6.92 Å². The van der Waals surface area contributed by atoms with Crippen LogP contribution < -0.4 is 24.4 Å². The van der Waals surface area contributed by atoms with Crippen LogP contribution in [0.3, 0.4) is 0 Å². The Morgan fingerprint density at radius 2 is 1.89 bits per heavy atom. The van der Waals surface area contributed by atoms with Gasteiger partial charge in [0.15, 0.2) is 11.7 Å². The summed E-state index contributed by atoms with van der Waals surface area (Å²) in [5.41, 5.74) is 2.09. The number of fused-ring (bicyclic) bond motifs is 1. The van der Waals surface area contributed by atoms with Crippen LogP contribution >= 0.6 is 11.3 Å². The van der Waals surface area contributed by atoms with Gasteiger partial charge in [0.25, 0.3) is 11.8 Å². The van der Waals surface area contributed by atoms with Crippen molar-refractivity contribution >= 4 is 39.9 Å². The summed E-state index contributed by atoms with van der Waals surface area (Å²) in [6.45, 7) is 1.55. The Labute approximate surface area is 205 Å². The first-order valence-corrected chi connectivity index (χ1v) is 11.5. The highest BCUT2D eigenvalue weighted by Crippen LogP contribution is 2.37. The maximum Gasteiger partial charge on any atom is 0.326 e. The Balaban J connectivity index is 1.55. The average molecular weight is 498 g/mol. The van der Waals surface area contributed by atoms with Crippen molar-refractivity contribution < 1.29 is 33.3 Å². The number of aromatic nitrogens is 1. The van der Waals surface area contributed by atoms with Gasteiger partial charge in [-0.1, -0.05) is 0 Å². The summed E-state index contributed by atoms with van der Waals surface area (Å²) in [5, 5.41) is 4.95. The number of benzene rings is 2. The normalized spacial score (nSPS) is 12.4. The molecule has 0 atom stereocenters. The van der Waals surface area contributed by atoms with Crippen molar-refractivity contribution in [3.63, 3.8) is 0 Å². The molecule has 0 bridgehead atoms. The molecule has 0 spiro atoms. The highest BCUT2D eigenvalue weighted by Gasteiger charge is 2.28. The summed E-state index contributed by atoms with van der Waals surface area (Å²) in [4.78, 5) is 43.0. The number of thiazole rings is 1. The van der Waals surface area contributed by atoms with E-state index in [4.69, 9.17) is 18.9 Å². The van der Waals surface area contributed by atoms with Gasteiger partial charge in [-0.3, -0.25) is 24.6 Å². The van der Waals surface area contributed by atoms with Gasteiger partial charge >= 0.3 is 5.97 Å². The third-order valence-corrected chi connectivity index (χ3v) is 5.89. The predicted molar refractivity (Wildman–Crippen MR) is 130 cm³/mol. The number of ether oxygens (including phenoxy) is 4. The van der Waals surface area contributed by atoms with Crippen LogP contribution in [0.4, 0.5) is 10.8 Å². The van der Waals surface area contributed by atoms with Crippen molar-refractivity contribution in [1.82, 2.24) is 4.98 Å². The SMILES string of the molecule is CCOC(=O)CN1C(=O)COc2ccc(-c3csc(NC(=O)c4cc(OC)cc(OC)c4)n3)cc21. The van der Waals surface area contributed by atoms with E-state index in [1.807, 2.05) is 0 Å². The third-order valence-electron chi connectivity index (χ3n) is 5.13. The van der Waals surface area contributed by atoms with Gasteiger partial charge in [-0.25, -0.2) is 4.98 Å². The van der Waals surface area contributed by atoms with Crippen molar-refractivity contribution in [2.75, 3.05) is 44.2 Å². The van der Waals surface area contributed by atoms with Crippen LogP contribution in [0.15, 0.2) is 41.8 Å². The van der Waals surface area contributed by atoms with Crippen molar-refractivity contribution in [3.05, 3.63) is 47.3 Å². The maximum absolute atomic E-state index is 12.8. The van der Waals surface area contributed by atoms with Gasteiger partial charge in [-0.2, -0.15) is 0 Å². The van der Waals surface area contributed by atoms with Crippen molar-refractivity contribution in [1.29, 1.82) is 0 Å². The zero-order chi connectivity index (χ0) is 24.9. The van der Waals surface area contributed by atoms with Gasteiger partial charge < -0.3 is 18.9 Å². The molecule has 1 aliphatic rings. The fraction of sp³-hybridized carbons (Fsp3) is 0.250. The van der Waals surface area contributed by atoms with E-state index in [0.29, 0.717) is 44.9 Å². The molecule has 1 aliphatic heterocycles. The Morgan fingerprint density at radius 1 is 1.14 bits per heavy atom. The lowest BCUT2D eigenvalue weighted by atomic mass is 10.1. The molecule has 0 unspecified atom stereocenters. The molecule has 0 aliphatic carbocycles. The number of amides is 2. The van der Waals surface area contributed by atoms with Gasteiger partial charge in [-0.15, -0.1) is 11.3 Å². The predicted octanol–water partition coefficient (Wildman–Crippen LogP) is 3.37. The second-order valence-electron chi connectivity index (χ2n) is 7.35. The standard InChI is InChI=1S/C24H23N3O7S/c1-4-33-22(29)11-27-19-9-14(5-6-20(19)34-12-21(27)28)18-13-35-24(25-18)26-23(30)15-7-16(31-2)10-17(8-15)32-3/h5-10,13H,4,11-12H2,1-3H3,(H,25,26,30). The van der Waals surface area contributed by atoms with Gasteiger partial charge in [0, 0.05) is 22.6 Å². The van der Waals surface area contributed by atoms with E-state index >= 15 is 0 Å². The van der Waals surface area contributed by atoms with Gasteiger partial charge in [0.05, 0.1) is 32.2 Å². The van der Waals surface area contributed by atoms with Crippen molar-refractivity contribution in [3.8, 4) is 28.5 Å². The number of hydrogen-bond donors (Lipinski definition) is 1. The van der Waals surface area contributed by atoms with Crippen LogP contribution in [0.25, 0.3) is 11.3 Å². The molecule has 4 rings (SSSR count). The fourth-order valence-electron chi connectivity index (χ4n) is 3.44. The second kappa shape index (κ2) is 10.4. The van der Waals surface area contributed by atoms with Crippen LogP contribution in [0.2, 0.25) is 0 Å². The van der Waals surface area contributed by atoms with E-state index in [1.54, 1.807) is 48.7 Å². The second-order valence-corrected chi connectivity index (χ2v) is 8.21. The first kappa shape index (κ1) is 24.0. The number of esters is 1. The molecule has 2 heterocycles. The maximum atomic E-state index is 12.8. The summed E-state index contributed by atoms with van der Waals surface area (Å²) in [6.07, 6.45) is 0. The smallest absolute Gasteiger partial charge is 0.326 e. The molecule has 35 heavy (non-hydrogen) atoms. The molecular weight excluding hydrogens is 474 g/mol. The minimum absolute atomic E-state index is 0.159. The zero-order valence-corrected chi connectivity index (χ0v) is 20.1. The lowest BCUT2D eigenvalue weighted by Crippen LogP contribution is -2.42. The number of hydrogen-bond acceptors (Lipinski definition) is 9. The number of nitrogens with zero attached hydrogens (tertiary/aromatic N) is 2. The van der Waals surface area contributed by atoms with Crippen LogP contribution in [-0.2, 0) is 14.3 Å². The molecule has 2 amide bonds. The first-order valence-electron chi connectivity index (χ1n) is 10.6. The first-order chi connectivity index (χ1) is 16.9. The molecule has 0 fully saturated rings. The number of methoxy groups -OCH3 is 2. The fourth-order valence-corrected chi connectivity index (χ4v) is 4.16. The summed E-state index contributed by atoms with van der Waals surface area (Å²) >= 11 is 1.25. The number of nitrogens with one attached hydrogen (secondary N) is 1. The molecule has 3 aromatic rings. The number of anilines is 2. The molecule has 1 N–H and O–H groups in total. The van der Waals surface area contributed by atoms with Gasteiger partial charge in [0.1, 0.15) is 23.8 Å². The van der Waals surface area contributed by atoms with E-state index < -0.39 is 5.97 Å². The van der Waals surface area contributed by atoms with Gasteiger partial charge in [-0.05, 0) is 37.3 Å². The lowest BCUT2D eigenvalue weighted by molar-refractivity contribution is -0.142. The summed E-state index contributed by atoms with van der Waals surface area (Å²) in [5.74, 6) is 0.246. The largest absolute Gasteiger partial charge is 0.497 e. The Kier molecular flexibility index (Phi) is 7.16. The Hall–Kier alpha value is -4.12. The lowest BCUT2D eigenvalue weighted by Gasteiger charge is -2.28. The van der Waals surface area contributed by atoms with Crippen molar-refractivity contribution in [2.24, 2.45) is 0 Å². The summed E-state index contributed by atoms with van der Waals surface area (Å²) < 4.78 is 20.9. The molecule has 2 aromatic carbocycles. The number of carbonyl (C=O) groups excluding carboxylic acids is 3. The average Bonchev–Trinajstić information content (AvgIpc) is 3.33. The minimum atomic E-state index is -0.507. The van der Waals surface area contributed by atoms with E-state index in [0.717, 1.165) is 0 Å². The molecule has 0 saturated carbocycles. The topological polar surface area (TPSA) is 116 Å². The van der Waals surface area contributed by atoms with Crippen LogP contribution in [-0.4, -0.2) is 56.7 Å². The molecule has 11 heteroatoms. The van der Waals surface area contributed by atoms with E-state index in [-0.39, 0.29) is 31.6 Å². The summed E-state index contributed by atoms with van der Waals surface area (Å²) in [7, 11) is 3.02. The highest BCUT2D eigenvalue weighted by atomic mass is 32.1. The molecule has 0 saturated heterocycles. The monoisotopic (exact) mass is 497 g/mol. The summed E-state index contributed by atoms with van der Waals surface area (Å²) in [6, 6.07) is 10.1. The van der Waals surface area contributed by atoms with Gasteiger partial charge in [0.2, 0.25) is 0 Å². The van der Waals surface area contributed by atoms with Crippen LogP contribution in [0.1, 0.15) is 17.3 Å². The third kappa shape index (κ3) is 5.35. The zero-order valence-electron chi connectivity index (χ0n) is 19.3. The molecule has 1 aromatic heterocycles. The van der Waals surface area contributed by atoms with Crippen LogP contribution in [0.5, 0.6) is 17.2 Å². The number of carbonyl (C=O) groups is 3. The minimum Gasteiger partial charge on any atom is -0.497 e. The molecule has 0 radical (unpaired) electrons. The van der Waals surface area contributed by atoms with E-state index in [9.17, 15) is 14.4 Å². The highest BCUT2D eigenvalue weighted by molar-refractivity contribution is 7.14. The van der Waals surface area contributed by atoms with E-state index in [2.05, 4.69) is 10.3 Å². The molecule has 10 nitrogen and oxygen atoms in total. The quantitative estimate of drug-likeness (QED) is 0.471. The number of rotatable bonds is 8. The van der Waals surface area contributed by atoms with Crippen LogP contribution in [0, 0.1) is 0 Å². The molecule has 182 valence electrons. The Morgan fingerprint density at radius 3 is 2.57 bits per heavy atom. The van der Waals surface area contributed by atoms with E-state index in [1.165, 1.54) is 30.5 Å².